The van der Waals surface area contributed by atoms with Crippen molar-refractivity contribution in [1.29, 1.82) is 0 Å². The van der Waals surface area contributed by atoms with Gasteiger partial charge in [-0.2, -0.15) is 0 Å². The van der Waals surface area contributed by atoms with Crippen LogP contribution in [-0.2, 0) is 11.3 Å². The van der Waals surface area contributed by atoms with Crippen LogP contribution in [0, 0.1) is 0 Å². The van der Waals surface area contributed by atoms with Gasteiger partial charge in [0.2, 0.25) is 0 Å². The standard InChI is InChI=1S/C21H36N4O4/c1-9-22-18(23-13-15-10-11-16(27-7)17(12-15)28-8)24-14-21(5,6)25-19(26)29-20(2,3)4/h10-12H,9,13-14H2,1-8H3,(H,25,26)(H2,22,23,24). The molecule has 3 N–H and O–H groups in total. The first-order valence-corrected chi connectivity index (χ1v) is 9.74. The predicted molar refractivity (Wildman–Crippen MR) is 116 cm³/mol. The van der Waals surface area contributed by atoms with E-state index < -0.39 is 17.2 Å². The molecule has 1 aromatic rings. The van der Waals surface area contributed by atoms with Crippen LogP contribution in [0.3, 0.4) is 0 Å². The maximum absolute atomic E-state index is 12.0. The number of methoxy groups -OCH3 is 2. The third kappa shape index (κ3) is 9.40. The zero-order valence-corrected chi connectivity index (χ0v) is 18.9. The Kier molecular flexibility index (Phi) is 9.07. The van der Waals surface area contributed by atoms with Crippen molar-refractivity contribution in [2.45, 2.75) is 59.2 Å². The molecule has 0 aliphatic rings. The average molecular weight is 409 g/mol. The molecule has 0 heterocycles. The molecule has 0 aliphatic carbocycles. The van der Waals surface area contributed by atoms with Crippen LogP contribution in [0.2, 0.25) is 0 Å². The average Bonchev–Trinajstić information content (AvgIpc) is 2.61. The van der Waals surface area contributed by atoms with Gasteiger partial charge in [-0.1, -0.05) is 6.07 Å². The lowest BCUT2D eigenvalue weighted by Gasteiger charge is -2.29. The minimum Gasteiger partial charge on any atom is -0.493 e. The lowest BCUT2D eigenvalue weighted by molar-refractivity contribution is 0.0474. The Morgan fingerprint density at radius 2 is 1.69 bits per heavy atom. The second kappa shape index (κ2) is 10.8. The van der Waals surface area contributed by atoms with E-state index in [1.807, 2.05) is 59.7 Å². The van der Waals surface area contributed by atoms with Gasteiger partial charge in [0.15, 0.2) is 17.5 Å². The van der Waals surface area contributed by atoms with Crippen LogP contribution in [0.1, 0.15) is 47.1 Å². The minimum absolute atomic E-state index is 0.448. The van der Waals surface area contributed by atoms with Crippen LogP contribution < -0.4 is 25.4 Å². The molecule has 0 fully saturated rings. The van der Waals surface area contributed by atoms with Gasteiger partial charge in [-0.25, -0.2) is 9.79 Å². The van der Waals surface area contributed by atoms with Crippen LogP contribution >= 0.6 is 0 Å². The van der Waals surface area contributed by atoms with E-state index in [1.54, 1.807) is 14.2 Å². The van der Waals surface area contributed by atoms with Gasteiger partial charge in [-0.3, -0.25) is 0 Å². The normalized spacial score (nSPS) is 12.2. The largest absolute Gasteiger partial charge is 0.493 e. The molecule has 0 spiro atoms. The number of amides is 1. The van der Waals surface area contributed by atoms with Gasteiger partial charge < -0.3 is 30.2 Å². The molecular weight excluding hydrogens is 372 g/mol. The molecule has 0 saturated heterocycles. The molecule has 1 amide bonds. The molecule has 1 aromatic carbocycles. The number of hydrogen-bond donors (Lipinski definition) is 3. The first kappa shape index (κ1) is 24.4. The zero-order chi connectivity index (χ0) is 22.1. The van der Waals surface area contributed by atoms with E-state index in [0.717, 1.165) is 12.1 Å². The van der Waals surface area contributed by atoms with E-state index in [9.17, 15) is 4.79 Å². The van der Waals surface area contributed by atoms with Crippen LogP contribution in [0.25, 0.3) is 0 Å². The molecule has 0 saturated carbocycles. The highest BCUT2D eigenvalue weighted by Crippen LogP contribution is 2.27. The third-order valence-corrected chi connectivity index (χ3v) is 3.75. The van der Waals surface area contributed by atoms with Crippen molar-refractivity contribution in [2.24, 2.45) is 4.99 Å². The van der Waals surface area contributed by atoms with Crippen molar-refractivity contribution >= 4 is 12.1 Å². The van der Waals surface area contributed by atoms with Crippen LogP contribution in [-0.4, -0.2) is 50.5 Å². The molecular formula is C21H36N4O4. The lowest BCUT2D eigenvalue weighted by Crippen LogP contribution is -2.54. The van der Waals surface area contributed by atoms with E-state index >= 15 is 0 Å². The summed E-state index contributed by atoms with van der Waals surface area (Å²) < 4.78 is 15.9. The lowest BCUT2D eigenvalue weighted by atomic mass is 10.1. The number of carbonyl (C=O) groups excluding carboxylic acids is 1. The Labute approximate surface area is 174 Å². The highest BCUT2D eigenvalue weighted by atomic mass is 16.6. The van der Waals surface area contributed by atoms with E-state index in [0.29, 0.717) is 30.5 Å². The monoisotopic (exact) mass is 408 g/mol. The molecule has 0 radical (unpaired) electrons. The molecule has 8 heteroatoms. The SMILES string of the molecule is CCNC(=NCc1ccc(OC)c(OC)c1)NCC(C)(C)NC(=O)OC(C)(C)C. The Bertz CT molecular complexity index is 696. The maximum Gasteiger partial charge on any atom is 0.408 e. The van der Waals surface area contributed by atoms with E-state index in [4.69, 9.17) is 14.2 Å². The van der Waals surface area contributed by atoms with Gasteiger partial charge in [0, 0.05) is 13.1 Å². The van der Waals surface area contributed by atoms with E-state index in [1.165, 1.54) is 0 Å². The van der Waals surface area contributed by atoms with Crippen molar-refractivity contribution in [3.63, 3.8) is 0 Å². The topological polar surface area (TPSA) is 93.2 Å². The number of nitrogens with one attached hydrogen (secondary N) is 3. The Hall–Kier alpha value is -2.64. The summed E-state index contributed by atoms with van der Waals surface area (Å²) in [6.07, 6.45) is -0.448. The number of benzene rings is 1. The van der Waals surface area contributed by atoms with Gasteiger partial charge in [0.1, 0.15) is 5.60 Å². The third-order valence-electron chi connectivity index (χ3n) is 3.75. The van der Waals surface area contributed by atoms with Crippen molar-refractivity contribution in [1.82, 2.24) is 16.0 Å². The summed E-state index contributed by atoms with van der Waals surface area (Å²) in [6, 6.07) is 5.71. The predicted octanol–water partition coefficient (Wildman–Crippen LogP) is 3.06. The van der Waals surface area contributed by atoms with Gasteiger partial charge in [-0.15, -0.1) is 0 Å². The number of nitrogens with zero attached hydrogens (tertiary/aromatic N) is 1. The molecule has 1 rings (SSSR count). The molecule has 29 heavy (non-hydrogen) atoms. The summed E-state index contributed by atoms with van der Waals surface area (Å²) in [7, 11) is 3.21. The van der Waals surface area contributed by atoms with Crippen molar-refractivity contribution < 1.29 is 19.0 Å². The molecule has 8 nitrogen and oxygen atoms in total. The number of alkyl carbamates (subject to hydrolysis) is 1. The second-order valence-electron chi connectivity index (χ2n) is 8.25. The fourth-order valence-electron chi connectivity index (χ4n) is 2.42. The summed E-state index contributed by atoms with van der Waals surface area (Å²) in [4.78, 5) is 16.6. The first-order valence-electron chi connectivity index (χ1n) is 9.74. The van der Waals surface area contributed by atoms with Crippen molar-refractivity contribution in [3.8, 4) is 11.5 Å². The Morgan fingerprint density at radius 3 is 2.24 bits per heavy atom. The molecule has 164 valence electrons. The zero-order valence-electron chi connectivity index (χ0n) is 18.9. The maximum atomic E-state index is 12.0. The number of aliphatic imine (C=N–C) groups is 1. The van der Waals surface area contributed by atoms with Gasteiger partial charge in [0.05, 0.1) is 26.3 Å². The summed E-state index contributed by atoms with van der Waals surface area (Å²) in [6.45, 7) is 13.0. The van der Waals surface area contributed by atoms with Crippen molar-refractivity contribution in [3.05, 3.63) is 23.8 Å². The Morgan fingerprint density at radius 1 is 1.03 bits per heavy atom. The van der Waals surface area contributed by atoms with E-state index in [-0.39, 0.29) is 0 Å². The van der Waals surface area contributed by atoms with Crippen LogP contribution in [0.4, 0.5) is 4.79 Å². The first-order chi connectivity index (χ1) is 13.5. The van der Waals surface area contributed by atoms with Gasteiger partial charge >= 0.3 is 6.09 Å². The fraction of sp³-hybridized carbons (Fsp3) is 0.619. The van der Waals surface area contributed by atoms with Crippen LogP contribution in [0.15, 0.2) is 23.2 Å². The summed E-state index contributed by atoms with van der Waals surface area (Å²) in [5.74, 6) is 2.00. The number of hydrogen-bond acceptors (Lipinski definition) is 5. The number of ether oxygens (including phenoxy) is 3. The smallest absolute Gasteiger partial charge is 0.408 e. The van der Waals surface area contributed by atoms with Gasteiger partial charge in [-0.05, 0) is 59.2 Å². The molecule has 0 bridgehead atoms. The Balaban J connectivity index is 2.73. The number of guanidine groups is 1. The summed E-state index contributed by atoms with van der Waals surface area (Å²) >= 11 is 0. The molecule has 0 unspecified atom stereocenters. The molecule has 0 aromatic heterocycles. The summed E-state index contributed by atoms with van der Waals surface area (Å²) in [5, 5.41) is 9.35. The number of rotatable bonds is 8. The molecule has 0 aliphatic heterocycles. The summed E-state index contributed by atoms with van der Waals surface area (Å²) in [5.41, 5.74) is -0.0726. The quantitative estimate of drug-likeness (QED) is 0.452. The highest BCUT2D eigenvalue weighted by Gasteiger charge is 2.24. The minimum atomic E-state index is -0.538. The fourth-order valence-corrected chi connectivity index (χ4v) is 2.42. The van der Waals surface area contributed by atoms with E-state index in [2.05, 4.69) is 20.9 Å². The van der Waals surface area contributed by atoms with Crippen LogP contribution in [0.5, 0.6) is 11.5 Å². The highest BCUT2D eigenvalue weighted by molar-refractivity contribution is 5.80. The molecule has 0 atom stereocenters. The van der Waals surface area contributed by atoms with Gasteiger partial charge in [0.25, 0.3) is 0 Å². The number of carbonyl (C=O) groups is 1. The van der Waals surface area contributed by atoms with Crippen molar-refractivity contribution in [2.75, 3.05) is 27.3 Å². The second-order valence-corrected chi connectivity index (χ2v) is 8.25.